The van der Waals surface area contributed by atoms with Gasteiger partial charge in [0, 0.05) is 48.8 Å². The summed E-state index contributed by atoms with van der Waals surface area (Å²) in [7, 11) is 0.961. The molecule has 0 unspecified atom stereocenters. The molecule has 43 heavy (non-hydrogen) atoms. The highest BCUT2D eigenvalue weighted by Crippen LogP contribution is 2.38. The van der Waals surface area contributed by atoms with Crippen LogP contribution in [0.3, 0.4) is 0 Å². The van der Waals surface area contributed by atoms with E-state index in [4.69, 9.17) is 8.83 Å². The number of amides is 2. The van der Waals surface area contributed by atoms with Crippen LogP contribution in [0.1, 0.15) is 32.2 Å². The van der Waals surface area contributed by atoms with Gasteiger partial charge in [-0.3, -0.25) is 14.6 Å². The van der Waals surface area contributed by atoms with E-state index in [-0.39, 0.29) is 45.1 Å². The van der Waals surface area contributed by atoms with Crippen molar-refractivity contribution in [1.29, 1.82) is 0 Å². The Morgan fingerprint density at radius 1 is 0.953 bits per heavy atom. The maximum absolute atomic E-state index is 15.1. The molecule has 6 rings (SSSR count). The van der Waals surface area contributed by atoms with Crippen LogP contribution in [0.25, 0.3) is 44.5 Å². The molecular formula is C32H23F3N4O4. The van der Waals surface area contributed by atoms with Crippen LogP contribution >= 0.6 is 0 Å². The molecular weight excluding hydrogens is 561 g/mol. The quantitative estimate of drug-likeness (QED) is 0.207. The molecule has 0 bridgehead atoms. The molecule has 2 amide bonds. The molecule has 0 aliphatic heterocycles. The Hall–Kier alpha value is -5.45. The van der Waals surface area contributed by atoms with Gasteiger partial charge in [0.25, 0.3) is 11.8 Å². The molecule has 0 radical (unpaired) electrons. The Bertz CT molecular complexity index is 1980. The number of furan rings is 1. The molecule has 0 spiro atoms. The number of carbonyl (C=O) groups is 2. The van der Waals surface area contributed by atoms with E-state index in [0.29, 0.717) is 40.1 Å². The Morgan fingerprint density at radius 3 is 2.47 bits per heavy atom. The minimum Gasteiger partial charge on any atom is -0.455 e. The summed E-state index contributed by atoms with van der Waals surface area (Å²) >= 11 is 0. The summed E-state index contributed by atoms with van der Waals surface area (Å²) in [5.41, 5.74) is 2.99. The summed E-state index contributed by atoms with van der Waals surface area (Å²) in [5, 5.41) is 2.95. The summed E-state index contributed by atoms with van der Waals surface area (Å²) in [6.45, 7) is 1.76. The third kappa shape index (κ3) is 5.32. The highest BCUT2D eigenvalue weighted by molar-refractivity contribution is 6.11. The normalized spacial score (nSPS) is 11.3. The fourth-order valence-corrected chi connectivity index (χ4v) is 4.87. The van der Waals surface area contributed by atoms with Gasteiger partial charge in [-0.1, -0.05) is 10.5 Å². The van der Waals surface area contributed by atoms with Crippen molar-refractivity contribution in [2.75, 3.05) is 13.6 Å². The number of rotatable bonds is 7. The van der Waals surface area contributed by atoms with Gasteiger partial charge in [0.05, 0.1) is 11.8 Å². The van der Waals surface area contributed by atoms with E-state index in [2.05, 4.69) is 15.3 Å². The lowest BCUT2D eigenvalue weighted by molar-refractivity contribution is 0.0345. The third-order valence-electron chi connectivity index (χ3n) is 7.06. The summed E-state index contributed by atoms with van der Waals surface area (Å²) in [4.78, 5) is 34.3. The fourth-order valence-electron chi connectivity index (χ4n) is 4.87. The van der Waals surface area contributed by atoms with Gasteiger partial charge in [-0.2, -0.15) is 5.12 Å². The van der Waals surface area contributed by atoms with Crippen LogP contribution in [0.2, 0.25) is 0 Å². The molecule has 6 aromatic rings. The second-order valence-electron chi connectivity index (χ2n) is 9.89. The second kappa shape index (κ2) is 11.1. The van der Waals surface area contributed by atoms with E-state index in [0.717, 1.165) is 13.1 Å². The zero-order chi connectivity index (χ0) is 30.2. The van der Waals surface area contributed by atoms with Crippen LogP contribution in [-0.2, 0) is 6.42 Å². The van der Waals surface area contributed by atoms with Crippen LogP contribution in [0, 0.1) is 18.6 Å². The summed E-state index contributed by atoms with van der Waals surface area (Å²) < 4.78 is 54.4. The number of hydrogen-bond donors (Lipinski definition) is 1. The van der Waals surface area contributed by atoms with Crippen LogP contribution in [-0.4, -0.2) is 40.5 Å². The number of aromatic nitrogens is 2. The topological polar surface area (TPSA) is 101 Å². The first-order valence-electron chi connectivity index (χ1n) is 13.2. The summed E-state index contributed by atoms with van der Waals surface area (Å²) in [6.07, 6.45) is 3.49. The van der Waals surface area contributed by atoms with Crippen molar-refractivity contribution in [3.8, 4) is 22.5 Å². The van der Waals surface area contributed by atoms with Gasteiger partial charge in [0.2, 0.25) is 0 Å². The van der Waals surface area contributed by atoms with Crippen molar-refractivity contribution < 1.29 is 31.7 Å². The number of fused-ring (bicyclic) bond motifs is 2. The van der Waals surface area contributed by atoms with Gasteiger partial charge in [-0.05, 0) is 72.1 Å². The number of nitrogens with zero attached hydrogens (tertiary/aromatic N) is 3. The SMILES string of the molecule is Cc1c(F)cc(C(=O)NCCc2nc3cnccc3o2)cc1-c1ccc2oc(-c3ccc(F)cc3)c(C(=O)N(C)F)c2c1. The maximum atomic E-state index is 15.1. The van der Waals surface area contributed by atoms with Crippen LogP contribution in [0.4, 0.5) is 13.3 Å². The van der Waals surface area contributed by atoms with E-state index >= 15 is 4.39 Å². The van der Waals surface area contributed by atoms with Crippen molar-refractivity contribution >= 4 is 33.9 Å². The lowest BCUT2D eigenvalue weighted by atomic mass is 9.95. The van der Waals surface area contributed by atoms with Gasteiger partial charge in [0.15, 0.2) is 11.5 Å². The smallest absolute Gasteiger partial charge is 0.285 e. The first-order valence-corrected chi connectivity index (χ1v) is 13.2. The average Bonchev–Trinajstić information content (AvgIpc) is 3.59. The third-order valence-corrected chi connectivity index (χ3v) is 7.06. The van der Waals surface area contributed by atoms with Gasteiger partial charge >= 0.3 is 0 Å². The van der Waals surface area contributed by atoms with Gasteiger partial charge < -0.3 is 14.2 Å². The van der Waals surface area contributed by atoms with E-state index in [1.54, 1.807) is 49.6 Å². The monoisotopic (exact) mass is 584 g/mol. The van der Waals surface area contributed by atoms with Crippen molar-refractivity contribution in [2.45, 2.75) is 13.3 Å². The largest absolute Gasteiger partial charge is 0.455 e. The summed E-state index contributed by atoms with van der Waals surface area (Å²) in [6, 6.07) is 14.4. The van der Waals surface area contributed by atoms with E-state index in [1.165, 1.54) is 24.3 Å². The van der Waals surface area contributed by atoms with Crippen LogP contribution in [0.15, 0.2) is 81.9 Å². The minimum atomic E-state index is -0.971. The zero-order valence-electron chi connectivity index (χ0n) is 23.0. The van der Waals surface area contributed by atoms with E-state index in [9.17, 15) is 18.5 Å². The van der Waals surface area contributed by atoms with Crippen LogP contribution in [0.5, 0.6) is 0 Å². The number of carbonyl (C=O) groups excluding carboxylic acids is 2. The molecule has 1 N–H and O–H groups in total. The van der Waals surface area contributed by atoms with E-state index < -0.39 is 23.4 Å². The molecule has 0 aliphatic rings. The first-order chi connectivity index (χ1) is 20.7. The Kier molecular flexibility index (Phi) is 7.14. The molecule has 0 saturated carbocycles. The molecule has 0 atom stereocenters. The number of oxazole rings is 1. The van der Waals surface area contributed by atoms with E-state index in [1.807, 2.05) is 0 Å². The summed E-state index contributed by atoms with van der Waals surface area (Å²) in [5.74, 6) is -2.07. The van der Waals surface area contributed by atoms with Gasteiger partial charge in [-0.15, -0.1) is 0 Å². The number of hydrogen-bond acceptors (Lipinski definition) is 6. The highest BCUT2D eigenvalue weighted by atomic mass is 19.2. The molecule has 11 heteroatoms. The van der Waals surface area contributed by atoms with Crippen molar-refractivity contribution in [3.63, 3.8) is 0 Å². The molecule has 3 aromatic carbocycles. The van der Waals surface area contributed by atoms with Gasteiger partial charge in [0.1, 0.15) is 28.5 Å². The molecule has 0 aliphatic carbocycles. The molecule has 8 nitrogen and oxygen atoms in total. The standard InChI is InChI=1S/C32H23F3N4O4/c1-17-22(14-20(15-24(17)34)31(40)37-12-10-28-38-25-16-36-11-9-27(25)42-28)19-5-8-26-23(13-19)29(32(41)39(2)35)30(43-26)18-3-6-21(33)7-4-18/h3-9,11,13-16H,10,12H2,1-2H3,(H,37,40). The Labute approximate surface area is 242 Å². The Balaban J connectivity index is 1.32. The lowest BCUT2D eigenvalue weighted by Crippen LogP contribution is -2.26. The highest BCUT2D eigenvalue weighted by Gasteiger charge is 2.26. The molecule has 3 aromatic heterocycles. The Morgan fingerprint density at radius 2 is 1.72 bits per heavy atom. The predicted octanol–water partition coefficient (Wildman–Crippen LogP) is 6.82. The first kappa shape index (κ1) is 27.7. The van der Waals surface area contributed by atoms with Gasteiger partial charge in [-0.25, -0.2) is 13.8 Å². The van der Waals surface area contributed by atoms with Crippen molar-refractivity contribution in [3.05, 3.63) is 107 Å². The molecule has 3 heterocycles. The fraction of sp³-hybridized carbons (Fsp3) is 0.125. The molecule has 0 fully saturated rings. The average molecular weight is 585 g/mol. The molecule has 0 saturated heterocycles. The van der Waals surface area contributed by atoms with Crippen molar-refractivity contribution in [2.24, 2.45) is 0 Å². The number of halogens is 3. The minimum absolute atomic E-state index is 0.0629. The number of benzene rings is 3. The van der Waals surface area contributed by atoms with Crippen LogP contribution < -0.4 is 5.32 Å². The number of pyridine rings is 1. The number of nitrogens with one attached hydrogen (secondary N) is 1. The molecule has 216 valence electrons. The lowest BCUT2D eigenvalue weighted by Gasteiger charge is -2.12. The predicted molar refractivity (Wildman–Crippen MR) is 153 cm³/mol. The maximum Gasteiger partial charge on any atom is 0.285 e. The second-order valence-corrected chi connectivity index (χ2v) is 9.89. The zero-order valence-corrected chi connectivity index (χ0v) is 23.0. The van der Waals surface area contributed by atoms with Crippen molar-refractivity contribution in [1.82, 2.24) is 20.4 Å².